The molecule has 0 N–H and O–H groups in total. The maximum atomic E-state index is 14.6. The summed E-state index contributed by atoms with van der Waals surface area (Å²) in [7, 11) is -3.49. The average Bonchev–Trinajstić information content (AvgIpc) is 3.35. The summed E-state index contributed by atoms with van der Waals surface area (Å²) in [4.78, 5) is 13.1. The topological polar surface area (TPSA) is 63.7 Å². The predicted octanol–water partition coefficient (Wildman–Crippen LogP) is 10.5. The molecule has 0 heterocycles. The molecule has 4 rings (SSSR count). The van der Waals surface area contributed by atoms with Gasteiger partial charge in [-0.05, 0) is 62.7 Å². The number of sulfonamides is 1. The summed E-state index contributed by atoms with van der Waals surface area (Å²) in [6, 6.07) is 0.318. The number of hydrogen-bond acceptors (Lipinski definition) is 4. The molecule has 6 heteroatoms. The van der Waals surface area contributed by atoms with Gasteiger partial charge in [-0.1, -0.05) is 136 Å². The lowest BCUT2D eigenvalue weighted by molar-refractivity contribution is -0.156. The van der Waals surface area contributed by atoms with Crippen LogP contribution in [-0.4, -0.2) is 42.6 Å². The molecular weight excluding hydrogens is 566 g/mol. The number of fused-ring (bicyclic) bond motifs is 2. The van der Waals surface area contributed by atoms with E-state index in [9.17, 15) is 13.2 Å². The highest BCUT2D eigenvalue weighted by Gasteiger charge is 2.67. The minimum absolute atomic E-state index is 0.102. The highest BCUT2D eigenvalue weighted by molar-refractivity contribution is 7.89. The summed E-state index contributed by atoms with van der Waals surface area (Å²) in [5.74, 6) is 0.493. The molecule has 0 amide bonds. The Morgan fingerprint density at radius 2 is 1.18 bits per heavy atom. The number of unbranched alkanes of at least 4 members (excludes halogenated alkanes) is 12. The molecule has 2 bridgehead atoms. The molecule has 0 aromatic carbocycles. The van der Waals surface area contributed by atoms with E-state index in [1.54, 1.807) is 0 Å². The number of carbonyl (C=O) groups excluding carboxylic acids is 1. The van der Waals surface area contributed by atoms with Crippen LogP contribution < -0.4 is 0 Å². The summed E-state index contributed by atoms with van der Waals surface area (Å²) in [6.45, 7) is 6.81. The Kier molecular flexibility index (Phi) is 14.4. The van der Waals surface area contributed by atoms with Gasteiger partial charge < -0.3 is 4.74 Å². The summed E-state index contributed by atoms with van der Waals surface area (Å²) in [6.07, 6.45) is 30.8. The molecule has 44 heavy (non-hydrogen) atoms. The van der Waals surface area contributed by atoms with E-state index in [1.165, 1.54) is 83.5 Å². The molecule has 0 aliphatic heterocycles. The summed E-state index contributed by atoms with van der Waals surface area (Å²) < 4.78 is 37.5. The lowest BCUT2D eigenvalue weighted by atomic mass is 9.69. The first kappa shape index (κ1) is 36.2. The molecule has 4 fully saturated rings. The Hall–Kier alpha value is -0.620. The smallest absolute Gasteiger partial charge is 0.306 e. The van der Waals surface area contributed by atoms with Gasteiger partial charge in [-0.15, -0.1) is 0 Å². The van der Waals surface area contributed by atoms with Crippen molar-refractivity contribution >= 4 is 16.0 Å². The monoisotopic (exact) mass is 635 g/mol. The predicted molar refractivity (Wildman–Crippen MR) is 183 cm³/mol. The van der Waals surface area contributed by atoms with Gasteiger partial charge in [0.1, 0.15) is 6.10 Å². The Morgan fingerprint density at radius 1 is 0.705 bits per heavy atom. The third-order valence-corrected chi connectivity index (χ3v) is 14.9. The lowest BCUT2D eigenvalue weighted by Crippen LogP contribution is -2.54. The first-order valence-electron chi connectivity index (χ1n) is 19.4. The van der Waals surface area contributed by atoms with E-state index in [0.29, 0.717) is 12.3 Å². The van der Waals surface area contributed by atoms with Gasteiger partial charge >= 0.3 is 5.97 Å². The molecule has 0 unspecified atom stereocenters. The number of ether oxygens (including phenoxy) is 1. The van der Waals surface area contributed by atoms with Crippen molar-refractivity contribution in [3.8, 4) is 0 Å². The van der Waals surface area contributed by atoms with Crippen molar-refractivity contribution in [2.24, 2.45) is 16.7 Å². The summed E-state index contributed by atoms with van der Waals surface area (Å²) in [5, 5.41) is 0. The van der Waals surface area contributed by atoms with Crippen molar-refractivity contribution < 1.29 is 17.9 Å². The average molecular weight is 636 g/mol. The van der Waals surface area contributed by atoms with Crippen LogP contribution in [0.4, 0.5) is 0 Å². The molecule has 0 aromatic rings. The second-order valence-electron chi connectivity index (χ2n) is 16.0. The minimum atomic E-state index is -3.49. The van der Waals surface area contributed by atoms with Gasteiger partial charge in [-0.25, -0.2) is 8.42 Å². The molecule has 0 radical (unpaired) electrons. The number of rotatable bonds is 20. The number of esters is 1. The summed E-state index contributed by atoms with van der Waals surface area (Å²) >= 11 is 0. The summed E-state index contributed by atoms with van der Waals surface area (Å²) in [5.41, 5.74) is -0.602. The minimum Gasteiger partial charge on any atom is -0.462 e. The van der Waals surface area contributed by atoms with Crippen LogP contribution in [0.1, 0.15) is 194 Å². The van der Waals surface area contributed by atoms with Crippen LogP contribution in [-0.2, 0) is 19.6 Å². The van der Waals surface area contributed by atoms with Crippen molar-refractivity contribution in [1.29, 1.82) is 0 Å². The van der Waals surface area contributed by atoms with Crippen molar-refractivity contribution in [1.82, 2.24) is 4.31 Å². The van der Waals surface area contributed by atoms with Gasteiger partial charge in [-0.2, -0.15) is 4.31 Å². The van der Waals surface area contributed by atoms with Gasteiger partial charge in [0.2, 0.25) is 10.0 Å². The van der Waals surface area contributed by atoms with Crippen LogP contribution in [0, 0.1) is 16.7 Å². The molecular formula is C38H69NO4S. The first-order valence-corrected chi connectivity index (χ1v) is 21.0. The fourth-order valence-electron chi connectivity index (χ4n) is 9.83. The SMILES string of the molecule is CCCCCCCCCCCCCCCC(=O)O[C@H]1C[C@@H]2CC[C@@]1(CS(=O)(=O)N(C1CCCCC1)C1CCCCC1)C2(C)C. The Morgan fingerprint density at radius 3 is 1.66 bits per heavy atom. The fourth-order valence-corrected chi connectivity index (χ4v) is 12.7. The Balaban J connectivity index is 1.26. The Labute approximate surface area is 272 Å². The normalized spacial score (nSPS) is 27.7. The molecule has 0 spiro atoms. The van der Waals surface area contributed by atoms with E-state index in [1.807, 2.05) is 4.31 Å². The van der Waals surface area contributed by atoms with E-state index >= 15 is 0 Å². The van der Waals surface area contributed by atoms with Crippen LogP contribution in [0.3, 0.4) is 0 Å². The van der Waals surface area contributed by atoms with E-state index in [-0.39, 0.29) is 35.3 Å². The highest BCUT2D eigenvalue weighted by Crippen LogP contribution is 2.67. The Bertz CT molecular complexity index is 934. The number of nitrogens with zero attached hydrogens (tertiary/aromatic N) is 1. The highest BCUT2D eigenvalue weighted by atomic mass is 32.2. The van der Waals surface area contributed by atoms with E-state index in [4.69, 9.17) is 4.74 Å². The van der Waals surface area contributed by atoms with Crippen LogP contribution in [0.15, 0.2) is 0 Å². The molecule has 0 saturated heterocycles. The molecule has 4 aliphatic carbocycles. The third kappa shape index (κ3) is 9.26. The van der Waals surface area contributed by atoms with Gasteiger partial charge in [0.15, 0.2) is 0 Å². The molecule has 5 nitrogen and oxygen atoms in total. The molecule has 4 aliphatic rings. The molecule has 3 atom stereocenters. The van der Waals surface area contributed by atoms with Crippen molar-refractivity contribution in [2.75, 3.05) is 5.75 Å². The van der Waals surface area contributed by atoms with Gasteiger partial charge in [0.25, 0.3) is 0 Å². The van der Waals surface area contributed by atoms with E-state index < -0.39 is 15.4 Å². The third-order valence-electron chi connectivity index (χ3n) is 12.7. The van der Waals surface area contributed by atoms with E-state index in [2.05, 4.69) is 20.8 Å². The zero-order valence-electron chi connectivity index (χ0n) is 29.1. The van der Waals surface area contributed by atoms with Crippen LogP contribution in [0.2, 0.25) is 0 Å². The largest absolute Gasteiger partial charge is 0.462 e. The van der Waals surface area contributed by atoms with Gasteiger partial charge in [0, 0.05) is 23.9 Å². The second-order valence-corrected chi connectivity index (χ2v) is 17.9. The molecule has 256 valence electrons. The fraction of sp³-hybridized carbons (Fsp3) is 0.974. The number of hydrogen-bond donors (Lipinski definition) is 0. The van der Waals surface area contributed by atoms with Crippen LogP contribution in [0.5, 0.6) is 0 Å². The van der Waals surface area contributed by atoms with E-state index in [0.717, 1.165) is 83.5 Å². The molecule has 0 aromatic heterocycles. The first-order chi connectivity index (χ1) is 21.2. The van der Waals surface area contributed by atoms with Gasteiger partial charge in [0.05, 0.1) is 5.75 Å². The van der Waals surface area contributed by atoms with Gasteiger partial charge in [-0.3, -0.25) is 4.79 Å². The maximum absolute atomic E-state index is 14.6. The zero-order valence-corrected chi connectivity index (χ0v) is 29.9. The molecule has 4 saturated carbocycles. The van der Waals surface area contributed by atoms with Crippen molar-refractivity contribution in [3.63, 3.8) is 0 Å². The second kappa shape index (κ2) is 17.5. The van der Waals surface area contributed by atoms with Crippen LogP contribution >= 0.6 is 0 Å². The standard InChI is InChI=1S/C38H69NO4S/c1-4-5-6-7-8-9-10-11-12-13-14-15-22-27-36(40)43-35-30-32-28-29-38(35,37(32,2)3)31-44(41,42)39(33-23-18-16-19-24-33)34-25-20-17-21-26-34/h32-35H,4-31H2,1-3H3/t32-,35-,38-/m0/s1. The van der Waals surface area contributed by atoms with Crippen LogP contribution in [0.25, 0.3) is 0 Å². The number of carbonyl (C=O) groups is 1. The quantitative estimate of drug-likeness (QED) is 0.0986. The zero-order chi connectivity index (χ0) is 31.5. The maximum Gasteiger partial charge on any atom is 0.306 e. The van der Waals surface area contributed by atoms with Crippen molar-refractivity contribution in [3.05, 3.63) is 0 Å². The van der Waals surface area contributed by atoms with Crippen molar-refractivity contribution in [2.45, 2.75) is 212 Å². The lowest BCUT2D eigenvalue weighted by Gasteiger charge is -2.46.